The normalized spacial score (nSPS) is 10.7. The highest BCUT2D eigenvalue weighted by atomic mass is 16.7. The van der Waals surface area contributed by atoms with Gasteiger partial charge < -0.3 is 20.9 Å². The average Bonchev–Trinajstić information content (AvgIpc) is 2.69. The minimum atomic E-state index is -0.612. The van der Waals surface area contributed by atoms with Gasteiger partial charge in [-0.15, -0.1) is 0 Å². The Morgan fingerprint density at radius 2 is 1.86 bits per heavy atom. The van der Waals surface area contributed by atoms with Crippen molar-refractivity contribution >= 4 is 11.6 Å². The van der Waals surface area contributed by atoms with Gasteiger partial charge in [-0.1, -0.05) is 6.07 Å². The van der Waals surface area contributed by atoms with Crippen LogP contribution in [0.1, 0.15) is 21.5 Å². The first-order valence-electron chi connectivity index (χ1n) is 8.67. The molecule has 1 amide bonds. The fraction of sp³-hybridized carbons (Fsp3) is 0.190. The van der Waals surface area contributed by atoms with Crippen LogP contribution < -0.4 is 16.2 Å². The third kappa shape index (κ3) is 3.65. The minimum Gasteiger partial charge on any atom is -0.467 e. The van der Waals surface area contributed by atoms with E-state index in [-0.39, 0.29) is 12.4 Å². The largest absolute Gasteiger partial charge is 0.467 e. The number of carbonyl (C=O) groups excluding carboxylic acids is 1. The van der Waals surface area contributed by atoms with Crippen LogP contribution in [0.15, 0.2) is 42.7 Å². The molecule has 1 heterocycles. The van der Waals surface area contributed by atoms with Crippen molar-refractivity contribution in [1.82, 2.24) is 9.97 Å². The van der Waals surface area contributed by atoms with E-state index in [1.165, 1.54) is 0 Å². The number of aryl methyl sites for hydroxylation is 1. The topological polar surface area (TPSA) is 113 Å². The highest BCUT2D eigenvalue weighted by molar-refractivity contribution is 6.03. The van der Waals surface area contributed by atoms with Crippen molar-refractivity contribution in [2.75, 3.05) is 19.6 Å². The summed E-state index contributed by atoms with van der Waals surface area (Å²) in [6, 6.07) is 9.02. The van der Waals surface area contributed by atoms with E-state index >= 15 is 0 Å². The average molecular weight is 378 g/mol. The molecule has 0 atom stereocenters. The first-order chi connectivity index (χ1) is 13.4. The Balaban J connectivity index is 2.27. The van der Waals surface area contributed by atoms with Gasteiger partial charge in [-0.05, 0) is 54.8 Å². The smallest absolute Gasteiger partial charge is 0.250 e. The maximum Gasteiger partial charge on any atom is 0.250 e. The third-order valence-corrected chi connectivity index (χ3v) is 4.49. The number of benzene rings is 2. The molecule has 0 saturated heterocycles. The zero-order valence-corrected chi connectivity index (χ0v) is 16.0. The van der Waals surface area contributed by atoms with Crippen LogP contribution in [-0.4, -0.2) is 29.8 Å². The van der Waals surface area contributed by atoms with Crippen molar-refractivity contribution < 1.29 is 14.3 Å². The fourth-order valence-corrected chi connectivity index (χ4v) is 3.16. The Bertz CT molecular complexity index is 1020. The van der Waals surface area contributed by atoms with Gasteiger partial charge in [0.25, 0.3) is 5.91 Å². The number of primary amides is 1. The van der Waals surface area contributed by atoms with Crippen LogP contribution in [0.25, 0.3) is 22.5 Å². The van der Waals surface area contributed by atoms with Gasteiger partial charge in [0, 0.05) is 30.6 Å². The van der Waals surface area contributed by atoms with Crippen LogP contribution in [0.2, 0.25) is 0 Å². The Morgan fingerprint density at radius 1 is 1.14 bits per heavy atom. The second-order valence-corrected chi connectivity index (χ2v) is 6.35. The van der Waals surface area contributed by atoms with Crippen LogP contribution in [0, 0.1) is 13.8 Å². The number of ether oxygens (including phenoxy) is 2. The highest BCUT2D eigenvalue weighted by Gasteiger charge is 2.19. The summed E-state index contributed by atoms with van der Waals surface area (Å²) in [7, 11) is 1.56. The SMILES string of the molecule is COCOc1ccc(C)c(-c2cc(-c3ncccn3)cc(C(N)=O)c2N)c1C. The summed E-state index contributed by atoms with van der Waals surface area (Å²) in [6.45, 7) is 4.03. The minimum absolute atomic E-state index is 0.128. The van der Waals surface area contributed by atoms with Crippen molar-refractivity contribution in [1.29, 1.82) is 0 Å². The maximum atomic E-state index is 12.0. The van der Waals surface area contributed by atoms with Gasteiger partial charge in [-0.25, -0.2) is 9.97 Å². The molecule has 3 aromatic rings. The molecule has 0 spiro atoms. The first-order valence-corrected chi connectivity index (χ1v) is 8.67. The molecule has 7 heteroatoms. The number of aromatic nitrogens is 2. The number of amides is 1. The number of rotatable bonds is 6. The molecule has 2 aromatic carbocycles. The summed E-state index contributed by atoms with van der Waals surface area (Å²) in [5.74, 6) is 0.538. The lowest BCUT2D eigenvalue weighted by Crippen LogP contribution is -2.15. The molecule has 0 aliphatic rings. The van der Waals surface area contributed by atoms with Crippen molar-refractivity contribution in [2.24, 2.45) is 5.73 Å². The Morgan fingerprint density at radius 3 is 2.50 bits per heavy atom. The maximum absolute atomic E-state index is 12.0. The number of hydrogen-bond donors (Lipinski definition) is 2. The molecule has 0 unspecified atom stereocenters. The predicted molar refractivity (Wildman–Crippen MR) is 108 cm³/mol. The van der Waals surface area contributed by atoms with Gasteiger partial charge in [-0.3, -0.25) is 4.79 Å². The zero-order chi connectivity index (χ0) is 20.3. The summed E-state index contributed by atoms with van der Waals surface area (Å²) >= 11 is 0. The van der Waals surface area contributed by atoms with Crippen molar-refractivity contribution in [2.45, 2.75) is 13.8 Å². The molecule has 7 nitrogen and oxygen atoms in total. The second kappa shape index (κ2) is 8.06. The Kier molecular flexibility index (Phi) is 5.56. The molecule has 0 saturated carbocycles. The van der Waals surface area contributed by atoms with Gasteiger partial charge in [0.1, 0.15) is 5.75 Å². The van der Waals surface area contributed by atoms with Gasteiger partial charge in [0.05, 0.1) is 11.3 Å². The third-order valence-electron chi connectivity index (χ3n) is 4.49. The van der Waals surface area contributed by atoms with Crippen LogP contribution in [0.3, 0.4) is 0 Å². The molecule has 144 valence electrons. The van der Waals surface area contributed by atoms with Crippen molar-refractivity contribution in [3.05, 3.63) is 59.4 Å². The Labute approximate surface area is 163 Å². The quantitative estimate of drug-likeness (QED) is 0.503. The van der Waals surface area contributed by atoms with E-state index in [2.05, 4.69) is 9.97 Å². The summed E-state index contributed by atoms with van der Waals surface area (Å²) in [6.07, 6.45) is 3.27. The van der Waals surface area contributed by atoms with E-state index in [1.807, 2.05) is 32.0 Å². The lowest BCUT2D eigenvalue weighted by molar-refractivity contribution is 0.0506. The molecule has 0 aliphatic heterocycles. The van der Waals surface area contributed by atoms with E-state index in [0.29, 0.717) is 28.4 Å². The van der Waals surface area contributed by atoms with Gasteiger partial charge in [0.15, 0.2) is 12.6 Å². The van der Waals surface area contributed by atoms with E-state index in [0.717, 1.165) is 16.7 Å². The number of methoxy groups -OCH3 is 1. The number of nitrogens with two attached hydrogens (primary N) is 2. The summed E-state index contributed by atoms with van der Waals surface area (Å²) in [5, 5.41) is 0. The van der Waals surface area contributed by atoms with E-state index in [4.69, 9.17) is 20.9 Å². The van der Waals surface area contributed by atoms with Gasteiger partial charge in [-0.2, -0.15) is 0 Å². The van der Waals surface area contributed by atoms with Crippen LogP contribution in [0.4, 0.5) is 5.69 Å². The summed E-state index contributed by atoms with van der Waals surface area (Å²) in [4.78, 5) is 20.6. The standard InChI is InChI=1S/C21H22N4O3/c1-12-5-6-17(28-11-27-3)13(2)18(12)15-9-14(21-24-7-4-8-25-21)10-16(19(15)22)20(23)26/h4-10H,11,22H2,1-3H3,(H2,23,26). The number of hydrogen-bond acceptors (Lipinski definition) is 6. The van der Waals surface area contributed by atoms with Crippen LogP contribution >= 0.6 is 0 Å². The molecule has 4 N–H and O–H groups in total. The lowest BCUT2D eigenvalue weighted by atomic mass is 9.90. The monoisotopic (exact) mass is 378 g/mol. The number of anilines is 1. The van der Waals surface area contributed by atoms with E-state index in [1.54, 1.807) is 31.6 Å². The summed E-state index contributed by atoms with van der Waals surface area (Å²) < 4.78 is 10.7. The molecular weight excluding hydrogens is 356 g/mol. The zero-order valence-electron chi connectivity index (χ0n) is 16.0. The number of carbonyl (C=O) groups is 1. The summed E-state index contributed by atoms with van der Waals surface area (Å²) in [5.41, 5.74) is 16.5. The molecule has 3 rings (SSSR count). The first kappa shape index (κ1) is 19.3. The molecule has 28 heavy (non-hydrogen) atoms. The van der Waals surface area contributed by atoms with Gasteiger partial charge >= 0.3 is 0 Å². The van der Waals surface area contributed by atoms with Crippen molar-refractivity contribution in [3.63, 3.8) is 0 Å². The highest BCUT2D eigenvalue weighted by Crippen LogP contribution is 2.39. The molecule has 0 radical (unpaired) electrons. The van der Waals surface area contributed by atoms with E-state index < -0.39 is 5.91 Å². The van der Waals surface area contributed by atoms with Crippen molar-refractivity contribution in [3.8, 4) is 28.3 Å². The number of nitrogens with zero attached hydrogens (tertiary/aromatic N) is 2. The molecule has 1 aromatic heterocycles. The molecule has 0 aliphatic carbocycles. The molecule has 0 bridgehead atoms. The lowest BCUT2D eigenvalue weighted by Gasteiger charge is -2.18. The Hall–Kier alpha value is -3.45. The van der Waals surface area contributed by atoms with E-state index in [9.17, 15) is 4.79 Å². The fourth-order valence-electron chi connectivity index (χ4n) is 3.16. The molecular formula is C21H22N4O3. The van der Waals surface area contributed by atoms with Crippen LogP contribution in [-0.2, 0) is 4.74 Å². The predicted octanol–water partition coefficient (Wildman–Crippen LogP) is 3.09. The number of nitrogen functional groups attached to an aromatic ring is 1. The van der Waals surface area contributed by atoms with Gasteiger partial charge in [0.2, 0.25) is 0 Å². The second-order valence-electron chi connectivity index (χ2n) is 6.35. The molecule has 0 fully saturated rings. The van der Waals surface area contributed by atoms with Crippen LogP contribution in [0.5, 0.6) is 5.75 Å².